The number of rotatable bonds is 7. The summed E-state index contributed by atoms with van der Waals surface area (Å²) in [7, 11) is -4.18. The van der Waals surface area contributed by atoms with Crippen molar-refractivity contribution in [3.05, 3.63) is 82.8 Å². The molecule has 2 aromatic carbocycles. The number of halogens is 4. The van der Waals surface area contributed by atoms with Gasteiger partial charge in [0.25, 0.3) is 0 Å². The molecule has 0 aliphatic rings. The largest absolute Gasteiger partial charge is 0.468 e. The smallest absolute Gasteiger partial charge is 0.418 e. The predicted octanol–water partition coefficient (Wildman–Crippen LogP) is 5.09. The minimum atomic E-state index is -4.77. The highest BCUT2D eigenvalue weighted by Crippen LogP contribution is 2.38. The van der Waals surface area contributed by atoms with Crippen LogP contribution in [0.15, 0.2) is 70.2 Å². The van der Waals surface area contributed by atoms with E-state index in [1.807, 2.05) is 0 Å². The first-order chi connectivity index (χ1) is 15.0. The molecule has 0 saturated carbocycles. The molecule has 0 unspecified atom stereocenters. The van der Waals surface area contributed by atoms with Gasteiger partial charge in [0.15, 0.2) is 0 Å². The van der Waals surface area contributed by atoms with Gasteiger partial charge in [0.2, 0.25) is 15.9 Å². The number of carbonyl (C=O) groups is 1. The highest BCUT2D eigenvalue weighted by atomic mass is 35.5. The summed E-state index contributed by atoms with van der Waals surface area (Å²) in [5.41, 5.74) is -1.10. The summed E-state index contributed by atoms with van der Waals surface area (Å²) in [6.07, 6.45) is -3.43. The fraction of sp³-hybridized carbons (Fsp3) is 0.190. The molecule has 1 amide bonds. The maximum atomic E-state index is 13.3. The molecule has 11 heteroatoms. The van der Waals surface area contributed by atoms with Crippen LogP contribution in [0.2, 0.25) is 5.02 Å². The van der Waals surface area contributed by atoms with Crippen LogP contribution in [0.3, 0.4) is 0 Å². The molecule has 3 rings (SSSR count). The van der Waals surface area contributed by atoms with Gasteiger partial charge in [-0.05, 0) is 48.9 Å². The number of amides is 1. The topological polar surface area (TPSA) is 79.6 Å². The average molecular weight is 487 g/mol. The van der Waals surface area contributed by atoms with Crippen molar-refractivity contribution in [2.45, 2.75) is 24.5 Å². The van der Waals surface area contributed by atoms with Crippen molar-refractivity contribution in [2.75, 3.05) is 11.9 Å². The van der Waals surface area contributed by atoms with Gasteiger partial charge in [0.1, 0.15) is 5.76 Å². The molecule has 0 radical (unpaired) electrons. The van der Waals surface area contributed by atoms with Crippen LogP contribution in [-0.2, 0) is 27.5 Å². The molecule has 0 bridgehead atoms. The molecule has 3 aromatic rings. The van der Waals surface area contributed by atoms with Crippen LogP contribution >= 0.6 is 11.6 Å². The third kappa shape index (κ3) is 5.50. The Hall–Kier alpha value is -2.82. The molecule has 170 valence electrons. The van der Waals surface area contributed by atoms with Crippen LogP contribution in [-0.4, -0.2) is 25.2 Å². The molecule has 32 heavy (non-hydrogen) atoms. The number of aryl methyl sites for hydroxylation is 1. The normalized spacial score (nSPS) is 12.2. The summed E-state index contributed by atoms with van der Waals surface area (Å²) in [6.45, 7) is 0.642. The molecule has 0 aliphatic heterocycles. The number of carbonyl (C=O) groups excluding carboxylic acids is 1. The SMILES string of the molecule is Cc1cccc(S(=O)(=O)N(CC(=O)Nc2c(Cl)cccc2C(F)(F)F)Cc2ccco2)c1. The van der Waals surface area contributed by atoms with Crippen molar-refractivity contribution in [3.8, 4) is 0 Å². The van der Waals surface area contributed by atoms with Gasteiger partial charge in [0, 0.05) is 0 Å². The molecular formula is C21H18ClF3N2O4S. The molecule has 1 N–H and O–H groups in total. The van der Waals surface area contributed by atoms with Crippen molar-refractivity contribution < 1.29 is 30.8 Å². The zero-order chi connectivity index (χ0) is 23.5. The number of hydrogen-bond donors (Lipinski definition) is 1. The number of sulfonamides is 1. The summed E-state index contributed by atoms with van der Waals surface area (Å²) < 4.78 is 72.3. The lowest BCUT2D eigenvalue weighted by atomic mass is 10.1. The lowest BCUT2D eigenvalue weighted by molar-refractivity contribution is -0.137. The molecule has 0 saturated heterocycles. The van der Waals surface area contributed by atoms with E-state index in [1.165, 1.54) is 30.5 Å². The maximum Gasteiger partial charge on any atom is 0.418 e. The van der Waals surface area contributed by atoms with E-state index >= 15 is 0 Å². The van der Waals surface area contributed by atoms with E-state index in [1.54, 1.807) is 25.1 Å². The van der Waals surface area contributed by atoms with Crippen molar-refractivity contribution in [2.24, 2.45) is 0 Å². The van der Waals surface area contributed by atoms with Gasteiger partial charge in [-0.3, -0.25) is 4.79 Å². The number of anilines is 1. The van der Waals surface area contributed by atoms with Gasteiger partial charge in [0.05, 0.1) is 40.5 Å². The predicted molar refractivity (Wildman–Crippen MR) is 113 cm³/mol. The Kier molecular flexibility index (Phi) is 6.97. The Morgan fingerprint density at radius 1 is 1.12 bits per heavy atom. The van der Waals surface area contributed by atoms with Crippen molar-refractivity contribution in [3.63, 3.8) is 0 Å². The highest BCUT2D eigenvalue weighted by Gasteiger charge is 2.35. The Bertz CT molecular complexity index is 1210. The first kappa shape index (κ1) is 23.8. The second-order valence-electron chi connectivity index (χ2n) is 6.88. The molecule has 0 fully saturated rings. The molecule has 6 nitrogen and oxygen atoms in total. The Morgan fingerprint density at radius 2 is 1.84 bits per heavy atom. The number of hydrogen-bond acceptors (Lipinski definition) is 4. The highest BCUT2D eigenvalue weighted by molar-refractivity contribution is 7.89. The molecule has 1 aromatic heterocycles. The number of alkyl halides is 3. The van der Waals surface area contributed by atoms with Crippen molar-refractivity contribution >= 4 is 33.2 Å². The molecule has 0 spiro atoms. The summed E-state index contributed by atoms with van der Waals surface area (Å²) in [5, 5.41) is 1.78. The third-order valence-electron chi connectivity index (χ3n) is 4.44. The monoisotopic (exact) mass is 486 g/mol. The molecule has 0 atom stereocenters. The maximum absolute atomic E-state index is 13.3. The molecular weight excluding hydrogens is 469 g/mol. The van der Waals surface area contributed by atoms with Gasteiger partial charge < -0.3 is 9.73 Å². The minimum absolute atomic E-state index is 0.0643. The fourth-order valence-electron chi connectivity index (χ4n) is 2.95. The summed E-state index contributed by atoms with van der Waals surface area (Å²) in [6, 6.07) is 12.2. The van der Waals surface area contributed by atoms with Gasteiger partial charge in [-0.25, -0.2) is 8.42 Å². The van der Waals surface area contributed by atoms with Gasteiger partial charge in [-0.15, -0.1) is 0 Å². The molecule has 0 aliphatic carbocycles. The number of nitrogens with zero attached hydrogens (tertiary/aromatic N) is 1. The minimum Gasteiger partial charge on any atom is -0.468 e. The first-order valence-electron chi connectivity index (χ1n) is 9.23. The number of para-hydroxylation sites is 1. The van der Waals surface area contributed by atoms with Crippen molar-refractivity contribution in [1.82, 2.24) is 4.31 Å². The summed E-state index contributed by atoms with van der Waals surface area (Å²) >= 11 is 5.87. The van der Waals surface area contributed by atoms with E-state index in [2.05, 4.69) is 5.32 Å². The number of benzene rings is 2. The summed E-state index contributed by atoms with van der Waals surface area (Å²) in [5.74, 6) is -0.742. The average Bonchev–Trinajstić information content (AvgIpc) is 3.21. The lowest BCUT2D eigenvalue weighted by Gasteiger charge is -2.22. The van der Waals surface area contributed by atoms with Crippen LogP contribution in [0, 0.1) is 6.92 Å². The standard InChI is InChI=1S/C21H18ClF3N2O4S/c1-14-5-2-7-16(11-14)32(29,30)27(12-15-6-4-10-31-15)13-19(28)26-20-17(21(23,24)25)8-3-9-18(20)22/h2-11H,12-13H2,1H3,(H,26,28). The van der Waals surface area contributed by atoms with E-state index in [0.29, 0.717) is 5.56 Å². The number of nitrogens with one attached hydrogen (secondary N) is 1. The van der Waals surface area contributed by atoms with Crippen LogP contribution < -0.4 is 5.32 Å². The second-order valence-corrected chi connectivity index (χ2v) is 9.22. The van der Waals surface area contributed by atoms with Gasteiger partial charge in [-0.2, -0.15) is 17.5 Å². The summed E-state index contributed by atoms with van der Waals surface area (Å²) in [4.78, 5) is 12.6. The van der Waals surface area contributed by atoms with Gasteiger partial charge >= 0.3 is 6.18 Å². The quantitative estimate of drug-likeness (QED) is 0.504. The van der Waals surface area contributed by atoms with Crippen molar-refractivity contribution in [1.29, 1.82) is 0 Å². The zero-order valence-electron chi connectivity index (χ0n) is 16.7. The lowest BCUT2D eigenvalue weighted by Crippen LogP contribution is -2.37. The fourth-order valence-corrected chi connectivity index (χ4v) is 4.64. The van der Waals surface area contributed by atoms with Gasteiger partial charge in [-0.1, -0.05) is 29.8 Å². The van der Waals surface area contributed by atoms with Crippen LogP contribution in [0.25, 0.3) is 0 Å². The van der Waals surface area contributed by atoms with E-state index in [4.69, 9.17) is 16.0 Å². The van der Waals surface area contributed by atoms with Crippen LogP contribution in [0.5, 0.6) is 0 Å². The number of furan rings is 1. The van der Waals surface area contributed by atoms with Crippen LogP contribution in [0.1, 0.15) is 16.9 Å². The van der Waals surface area contributed by atoms with E-state index in [9.17, 15) is 26.4 Å². The molecule has 1 heterocycles. The third-order valence-corrected chi connectivity index (χ3v) is 6.55. The Balaban J connectivity index is 1.92. The zero-order valence-corrected chi connectivity index (χ0v) is 18.3. The van der Waals surface area contributed by atoms with Crippen LogP contribution in [0.4, 0.5) is 18.9 Å². The van der Waals surface area contributed by atoms with E-state index in [0.717, 1.165) is 16.4 Å². The Labute approximate surface area is 187 Å². The van der Waals surface area contributed by atoms with E-state index < -0.39 is 39.9 Å². The first-order valence-corrected chi connectivity index (χ1v) is 11.0. The second kappa shape index (κ2) is 9.35. The van der Waals surface area contributed by atoms with E-state index in [-0.39, 0.29) is 22.2 Å². The Morgan fingerprint density at radius 3 is 2.47 bits per heavy atom.